The smallest absolute Gasteiger partial charge is 0.218 e. The minimum absolute atomic E-state index is 0.111. The Bertz CT molecular complexity index is 331. The fraction of sp³-hybridized carbons (Fsp3) is 0.667. The summed E-state index contributed by atoms with van der Waals surface area (Å²) in [5.41, 5.74) is 0. The molecule has 0 amide bonds. The van der Waals surface area contributed by atoms with Crippen molar-refractivity contribution < 1.29 is 9.47 Å². The molecule has 1 heterocycles. The summed E-state index contributed by atoms with van der Waals surface area (Å²) in [5, 5.41) is 3.19. The van der Waals surface area contributed by atoms with Crippen molar-refractivity contribution in [1.29, 1.82) is 0 Å². The largest absolute Gasteiger partial charge is 0.475 e. The van der Waals surface area contributed by atoms with E-state index in [2.05, 4.69) is 15.3 Å². The lowest BCUT2D eigenvalue weighted by Crippen LogP contribution is -2.20. The monoisotopic (exact) mass is 239 g/mol. The highest BCUT2D eigenvalue weighted by atomic mass is 16.5. The molecular weight excluding hydrogens is 218 g/mol. The molecule has 96 valence electrons. The van der Waals surface area contributed by atoms with Crippen LogP contribution in [-0.4, -0.2) is 35.3 Å². The van der Waals surface area contributed by atoms with Gasteiger partial charge < -0.3 is 14.8 Å². The van der Waals surface area contributed by atoms with Crippen molar-refractivity contribution in [2.45, 2.75) is 39.9 Å². The summed E-state index contributed by atoms with van der Waals surface area (Å²) in [6.45, 7) is 9.36. The first-order valence-corrected chi connectivity index (χ1v) is 5.96. The Morgan fingerprint density at radius 1 is 1.29 bits per heavy atom. The lowest BCUT2D eigenvalue weighted by Gasteiger charge is -2.13. The molecule has 0 aliphatic carbocycles. The van der Waals surface area contributed by atoms with Crippen LogP contribution >= 0.6 is 0 Å². The van der Waals surface area contributed by atoms with E-state index in [1.807, 2.05) is 27.7 Å². The number of hydrogen-bond donors (Lipinski definition) is 1. The van der Waals surface area contributed by atoms with Crippen LogP contribution in [-0.2, 0) is 4.74 Å². The minimum Gasteiger partial charge on any atom is -0.475 e. The molecule has 1 unspecified atom stereocenters. The molecule has 1 aromatic rings. The Kier molecular flexibility index (Phi) is 5.69. The lowest BCUT2D eigenvalue weighted by atomic mass is 10.4. The van der Waals surface area contributed by atoms with Gasteiger partial charge in [0, 0.05) is 19.2 Å². The number of nitrogens with zero attached hydrogens (tertiary/aromatic N) is 2. The van der Waals surface area contributed by atoms with Gasteiger partial charge in [-0.15, -0.1) is 0 Å². The summed E-state index contributed by atoms with van der Waals surface area (Å²) < 4.78 is 10.9. The lowest BCUT2D eigenvalue weighted by molar-refractivity contribution is 0.0854. The maximum absolute atomic E-state index is 5.49. The molecule has 0 saturated carbocycles. The first kappa shape index (κ1) is 13.7. The Labute approximate surface area is 103 Å². The molecule has 1 N–H and O–H groups in total. The number of hydrogen-bond acceptors (Lipinski definition) is 5. The van der Waals surface area contributed by atoms with Gasteiger partial charge in [-0.05, 0) is 27.7 Å². The molecule has 1 aromatic heterocycles. The number of nitrogens with one attached hydrogen (secondary N) is 1. The van der Waals surface area contributed by atoms with Crippen molar-refractivity contribution in [2.75, 3.05) is 18.5 Å². The fourth-order valence-electron chi connectivity index (χ4n) is 1.33. The first-order valence-electron chi connectivity index (χ1n) is 5.96. The highest BCUT2D eigenvalue weighted by molar-refractivity contribution is 5.37. The normalized spacial score (nSPS) is 12.5. The zero-order valence-electron chi connectivity index (χ0n) is 10.9. The second-order valence-corrected chi connectivity index (χ2v) is 4.05. The van der Waals surface area contributed by atoms with Gasteiger partial charge in [-0.25, -0.2) is 9.97 Å². The molecular formula is C12H21N3O2. The summed E-state index contributed by atoms with van der Waals surface area (Å²) >= 11 is 0. The Morgan fingerprint density at radius 3 is 2.71 bits per heavy atom. The van der Waals surface area contributed by atoms with Crippen molar-refractivity contribution in [3.63, 3.8) is 0 Å². The molecule has 0 spiro atoms. The topological polar surface area (TPSA) is 56.3 Å². The summed E-state index contributed by atoms with van der Waals surface area (Å²) in [6.07, 6.45) is 1.76. The number of rotatable bonds is 7. The van der Waals surface area contributed by atoms with Crippen LogP contribution in [0.3, 0.4) is 0 Å². The van der Waals surface area contributed by atoms with Crippen LogP contribution < -0.4 is 10.1 Å². The molecule has 0 aromatic carbocycles. The third-order valence-corrected chi connectivity index (χ3v) is 2.02. The molecule has 17 heavy (non-hydrogen) atoms. The Hall–Kier alpha value is -1.36. The predicted octanol–water partition coefficient (Wildman–Crippen LogP) is 2.10. The molecule has 0 bridgehead atoms. The van der Waals surface area contributed by atoms with E-state index in [1.54, 1.807) is 6.07 Å². The molecule has 5 heteroatoms. The Morgan fingerprint density at radius 2 is 2.06 bits per heavy atom. The van der Waals surface area contributed by atoms with E-state index in [1.165, 1.54) is 6.33 Å². The van der Waals surface area contributed by atoms with Gasteiger partial charge >= 0.3 is 0 Å². The quantitative estimate of drug-likeness (QED) is 0.789. The van der Waals surface area contributed by atoms with E-state index in [0.717, 1.165) is 5.82 Å². The third-order valence-electron chi connectivity index (χ3n) is 2.02. The van der Waals surface area contributed by atoms with Gasteiger partial charge in [-0.2, -0.15) is 0 Å². The molecule has 0 saturated heterocycles. The van der Waals surface area contributed by atoms with Crippen LogP contribution in [0.25, 0.3) is 0 Å². The molecule has 0 fully saturated rings. The van der Waals surface area contributed by atoms with Gasteiger partial charge in [0.05, 0.1) is 12.2 Å². The molecule has 5 nitrogen and oxygen atoms in total. The van der Waals surface area contributed by atoms with Crippen LogP contribution in [0.4, 0.5) is 5.82 Å². The summed E-state index contributed by atoms with van der Waals surface area (Å²) in [6, 6.07) is 1.79. The number of aromatic nitrogens is 2. The number of ether oxygens (including phenoxy) is 2. The van der Waals surface area contributed by atoms with Gasteiger partial charge in [0.2, 0.25) is 5.88 Å². The van der Waals surface area contributed by atoms with E-state index in [4.69, 9.17) is 9.47 Å². The van der Waals surface area contributed by atoms with Crippen LogP contribution in [0.15, 0.2) is 12.4 Å². The average Bonchev–Trinajstić information content (AvgIpc) is 2.26. The predicted molar refractivity (Wildman–Crippen MR) is 67.4 cm³/mol. The van der Waals surface area contributed by atoms with Crippen molar-refractivity contribution in [1.82, 2.24) is 9.97 Å². The van der Waals surface area contributed by atoms with E-state index in [9.17, 15) is 0 Å². The number of anilines is 1. The van der Waals surface area contributed by atoms with Crippen LogP contribution in [0.5, 0.6) is 5.88 Å². The maximum atomic E-state index is 5.49. The standard InChI is InChI=1S/C12H21N3O2/c1-5-16-10(4)7-13-11-6-12(15-8-14-11)17-9(2)3/h6,8-10H,5,7H2,1-4H3,(H,13,14,15). The second-order valence-electron chi connectivity index (χ2n) is 4.05. The fourth-order valence-corrected chi connectivity index (χ4v) is 1.33. The maximum Gasteiger partial charge on any atom is 0.218 e. The molecule has 0 radical (unpaired) electrons. The molecule has 0 aliphatic heterocycles. The van der Waals surface area contributed by atoms with Crippen LogP contribution in [0.1, 0.15) is 27.7 Å². The van der Waals surface area contributed by atoms with Gasteiger partial charge in [-0.3, -0.25) is 0 Å². The molecule has 1 rings (SSSR count). The van der Waals surface area contributed by atoms with Crippen molar-refractivity contribution in [3.05, 3.63) is 12.4 Å². The molecule has 1 atom stereocenters. The third kappa shape index (κ3) is 5.49. The van der Waals surface area contributed by atoms with Gasteiger partial charge in [0.25, 0.3) is 0 Å². The van der Waals surface area contributed by atoms with E-state index in [-0.39, 0.29) is 12.2 Å². The summed E-state index contributed by atoms with van der Waals surface area (Å²) in [4.78, 5) is 8.16. The molecule has 0 aliphatic rings. The van der Waals surface area contributed by atoms with Crippen LogP contribution in [0.2, 0.25) is 0 Å². The van der Waals surface area contributed by atoms with E-state index in [0.29, 0.717) is 19.0 Å². The summed E-state index contributed by atoms with van der Waals surface area (Å²) in [7, 11) is 0. The van der Waals surface area contributed by atoms with Crippen molar-refractivity contribution >= 4 is 5.82 Å². The van der Waals surface area contributed by atoms with E-state index >= 15 is 0 Å². The van der Waals surface area contributed by atoms with Gasteiger partial charge in [-0.1, -0.05) is 0 Å². The van der Waals surface area contributed by atoms with E-state index < -0.39 is 0 Å². The minimum atomic E-state index is 0.111. The first-order chi connectivity index (χ1) is 8.11. The zero-order chi connectivity index (χ0) is 12.7. The zero-order valence-corrected chi connectivity index (χ0v) is 10.9. The summed E-state index contributed by atoms with van der Waals surface area (Å²) in [5.74, 6) is 1.34. The highest BCUT2D eigenvalue weighted by Gasteiger charge is 2.04. The average molecular weight is 239 g/mol. The van der Waals surface area contributed by atoms with Crippen LogP contribution in [0, 0.1) is 0 Å². The van der Waals surface area contributed by atoms with Crippen molar-refractivity contribution in [3.8, 4) is 5.88 Å². The van der Waals surface area contributed by atoms with Gasteiger partial charge in [0.15, 0.2) is 0 Å². The SMILES string of the molecule is CCOC(C)CNc1cc(OC(C)C)ncn1. The van der Waals surface area contributed by atoms with Crippen molar-refractivity contribution in [2.24, 2.45) is 0 Å². The highest BCUT2D eigenvalue weighted by Crippen LogP contribution is 2.12. The second kappa shape index (κ2) is 7.06. The Balaban J connectivity index is 2.48. The van der Waals surface area contributed by atoms with Gasteiger partial charge in [0.1, 0.15) is 12.1 Å².